The zero-order valence-electron chi connectivity index (χ0n) is 13.5. The van der Waals surface area contributed by atoms with Crippen LogP contribution in [0.15, 0.2) is 23.3 Å². The first-order valence-corrected chi connectivity index (χ1v) is 7.79. The van der Waals surface area contributed by atoms with Crippen molar-refractivity contribution in [3.05, 3.63) is 23.8 Å². The van der Waals surface area contributed by atoms with Crippen LogP contribution in [0.5, 0.6) is 11.5 Å². The largest absolute Gasteiger partial charge is 0.493 e. The minimum atomic E-state index is -0.413. The van der Waals surface area contributed by atoms with Crippen molar-refractivity contribution in [2.75, 3.05) is 7.11 Å². The van der Waals surface area contributed by atoms with Gasteiger partial charge < -0.3 is 9.47 Å². The molecule has 0 aromatic heterocycles. The van der Waals surface area contributed by atoms with E-state index in [1.165, 1.54) is 20.5 Å². The van der Waals surface area contributed by atoms with E-state index in [1.54, 1.807) is 24.4 Å². The molecular weight excluding hydrogens is 296 g/mol. The maximum atomic E-state index is 12.0. The van der Waals surface area contributed by atoms with Gasteiger partial charge in [-0.2, -0.15) is 5.10 Å². The lowest BCUT2D eigenvalue weighted by Crippen LogP contribution is -2.28. The maximum Gasteiger partial charge on any atom is 0.308 e. The Bertz CT molecular complexity index is 592. The van der Waals surface area contributed by atoms with Gasteiger partial charge in [-0.3, -0.25) is 9.59 Å². The predicted molar refractivity (Wildman–Crippen MR) is 86.6 cm³/mol. The van der Waals surface area contributed by atoms with Crippen LogP contribution in [0.3, 0.4) is 0 Å². The Morgan fingerprint density at radius 1 is 1.22 bits per heavy atom. The Morgan fingerprint density at radius 3 is 2.61 bits per heavy atom. The Balaban J connectivity index is 1.96. The molecule has 1 amide bonds. The highest BCUT2D eigenvalue weighted by Crippen LogP contribution is 2.27. The van der Waals surface area contributed by atoms with Crippen molar-refractivity contribution in [1.29, 1.82) is 0 Å². The molecule has 0 spiro atoms. The summed E-state index contributed by atoms with van der Waals surface area (Å²) in [5, 5.41) is 3.99. The van der Waals surface area contributed by atoms with Gasteiger partial charge in [-0.05, 0) is 36.6 Å². The minimum Gasteiger partial charge on any atom is -0.493 e. The summed E-state index contributed by atoms with van der Waals surface area (Å²) in [7, 11) is 1.49. The van der Waals surface area contributed by atoms with Crippen LogP contribution in [0.1, 0.15) is 44.6 Å². The quantitative estimate of drug-likeness (QED) is 0.392. The van der Waals surface area contributed by atoms with Crippen LogP contribution in [-0.4, -0.2) is 25.2 Å². The second kappa shape index (κ2) is 8.31. The van der Waals surface area contributed by atoms with Crippen LogP contribution in [-0.2, 0) is 9.59 Å². The zero-order chi connectivity index (χ0) is 16.7. The smallest absolute Gasteiger partial charge is 0.308 e. The van der Waals surface area contributed by atoms with Crippen molar-refractivity contribution in [2.45, 2.75) is 39.0 Å². The number of hydrazone groups is 1. The van der Waals surface area contributed by atoms with Gasteiger partial charge in [0, 0.05) is 12.8 Å². The monoisotopic (exact) mass is 318 g/mol. The molecule has 124 valence electrons. The number of methoxy groups -OCH3 is 1. The third-order valence-corrected chi connectivity index (χ3v) is 3.81. The van der Waals surface area contributed by atoms with Crippen molar-refractivity contribution in [2.24, 2.45) is 11.0 Å². The molecule has 2 rings (SSSR count). The predicted octanol–water partition coefficient (Wildman–Crippen LogP) is 2.65. The number of nitrogens with zero attached hydrogens (tertiary/aromatic N) is 1. The number of rotatable bonds is 5. The summed E-state index contributed by atoms with van der Waals surface area (Å²) in [6.07, 6.45) is 6.84. The van der Waals surface area contributed by atoms with E-state index in [4.69, 9.17) is 9.47 Å². The number of carbonyl (C=O) groups is 2. The third-order valence-electron chi connectivity index (χ3n) is 3.81. The van der Waals surface area contributed by atoms with E-state index in [1.807, 2.05) is 0 Å². The fourth-order valence-corrected chi connectivity index (χ4v) is 2.63. The number of hydrogen-bond donors (Lipinski definition) is 1. The highest BCUT2D eigenvalue weighted by Gasteiger charge is 2.20. The van der Waals surface area contributed by atoms with Crippen LogP contribution in [0.4, 0.5) is 0 Å². The van der Waals surface area contributed by atoms with Gasteiger partial charge in [-0.25, -0.2) is 5.43 Å². The SMILES string of the molecule is COc1cc(/C=N/NC(=O)C2CCCCC2)ccc1OC(C)=O. The maximum absolute atomic E-state index is 12.0. The summed E-state index contributed by atoms with van der Waals surface area (Å²) in [5.41, 5.74) is 3.33. The molecule has 0 bridgehead atoms. The average molecular weight is 318 g/mol. The molecule has 1 N–H and O–H groups in total. The van der Waals surface area contributed by atoms with Gasteiger partial charge in [-0.15, -0.1) is 0 Å². The fourth-order valence-electron chi connectivity index (χ4n) is 2.63. The fraction of sp³-hybridized carbons (Fsp3) is 0.471. The van der Waals surface area contributed by atoms with Crippen molar-refractivity contribution < 1.29 is 19.1 Å². The molecule has 0 unspecified atom stereocenters. The Labute approximate surface area is 135 Å². The van der Waals surface area contributed by atoms with Crippen molar-refractivity contribution in [1.82, 2.24) is 5.43 Å². The second-order valence-corrected chi connectivity index (χ2v) is 5.57. The van der Waals surface area contributed by atoms with E-state index in [0.717, 1.165) is 31.2 Å². The molecule has 1 fully saturated rings. The van der Waals surface area contributed by atoms with E-state index < -0.39 is 5.97 Å². The number of amides is 1. The number of hydrogen-bond acceptors (Lipinski definition) is 5. The first-order valence-electron chi connectivity index (χ1n) is 7.79. The lowest BCUT2D eigenvalue weighted by molar-refractivity contribution is -0.132. The van der Waals surface area contributed by atoms with E-state index in [0.29, 0.717) is 11.5 Å². The van der Waals surface area contributed by atoms with Crippen molar-refractivity contribution in [3.63, 3.8) is 0 Å². The molecule has 1 aliphatic rings. The minimum absolute atomic E-state index is 0.0237. The molecule has 1 aromatic rings. The normalized spacial score (nSPS) is 15.4. The summed E-state index contributed by atoms with van der Waals surface area (Å²) in [6.45, 7) is 1.33. The molecule has 0 radical (unpaired) electrons. The van der Waals surface area contributed by atoms with Crippen molar-refractivity contribution >= 4 is 18.1 Å². The van der Waals surface area contributed by atoms with Gasteiger partial charge in [-0.1, -0.05) is 19.3 Å². The Kier molecular flexibility index (Phi) is 6.14. The van der Waals surface area contributed by atoms with Gasteiger partial charge >= 0.3 is 5.97 Å². The van der Waals surface area contributed by atoms with Gasteiger partial charge in [0.05, 0.1) is 13.3 Å². The molecule has 6 heteroatoms. The topological polar surface area (TPSA) is 77.0 Å². The molecule has 0 heterocycles. The zero-order valence-corrected chi connectivity index (χ0v) is 13.5. The highest BCUT2D eigenvalue weighted by molar-refractivity contribution is 5.84. The molecule has 1 aliphatic carbocycles. The molecule has 6 nitrogen and oxygen atoms in total. The summed E-state index contributed by atoms with van der Waals surface area (Å²) in [6, 6.07) is 5.05. The Hall–Kier alpha value is -2.37. The van der Waals surface area contributed by atoms with Gasteiger partial charge in [0.15, 0.2) is 11.5 Å². The van der Waals surface area contributed by atoms with Crippen molar-refractivity contribution in [3.8, 4) is 11.5 Å². The highest BCUT2D eigenvalue weighted by atomic mass is 16.6. The summed E-state index contributed by atoms with van der Waals surface area (Å²) in [4.78, 5) is 23.0. The molecular formula is C17H22N2O4. The number of carbonyl (C=O) groups excluding carboxylic acids is 2. The van der Waals surface area contributed by atoms with Crippen LogP contribution in [0.2, 0.25) is 0 Å². The van der Waals surface area contributed by atoms with Crippen LogP contribution < -0.4 is 14.9 Å². The second-order valence-electron chi connectivity index (χ2n) is 5.57. The summed E-state index contributed by atoms with van der Waals surface area (Å²) in [5.74, 6) is 0.418. The van der Waals surface area contributed by atoms with Crippen LogP contribution in [0.25, 0.3) is 0 Å². The van der Waals surface area contributed by atoms with Gasteiger partial charge in [0.1, 0.15) is 0 Å². The number of esters is 1. The molecule has 1 saturated carbocycles. The lowest BCUT2D eigenvalue weighted by atomic mass is 9.89. The molecule has 0 atom stereocenters. The first kappa shape index (κ1) is 17.0. The third kappa shape index (κ3) is 5.09. The Morgan fingerprint density at radius 2 is 1.96 bits per heavy atom. The van der Waals surface area contributed by atoms with E-state index in [-0.39, 0.29) is 11.8 Å². The average Bonchev–Trinajstić information content (AvgIpc) is 2.56. The molecule has 0 saturated heterocycles. The summed E-state index contributed by atoms with van der Waals surface area (Å²) < 4.78 is 10.2. The number of nitrogens with one attached hydrogen (secondary N) is 1. The standard InChI is InChI=1S/C17H22N2O4/c1-12(20)23-15-9-8-13(10-16(15)22-2)11-18-19-17(21)14-6-4-3-5-7-14/h8-11,14H,3-7H2,1-2H3,(H,19,21)/b18-11+. The molecule has 1 aromatic carbocycles. The van der Waals surface area contributed by atoms with E-state index in [9.17, 15) is 9.59 Å². The van der Waals surface area contributed by atoms with Gasteiger partial charge in [0.2, 0.25) is 5.91 Å². The molecule has 0 aliphatic heterocycles. The summed E-state index contributed by atoms with van der Waals surface area (Å²) >= 11 is 0. The van der Waals surface area contributed by atoms with Gasteiger partial charge in [0.25, 0.3) is 0 Å². The number of ether oxygens (including phenoxy) is 2. The van der Waals surface area contributed by atoms with E-state index >= 15 is 0 Å². The lowest BCUT2D eigenvalue weighted by Gasteiger charge is -2.19. The van der Waals surface area contributed by atoms with Crippen LogP contribution in [0, 0.1) is 5.92 Å². The number of benzene rings is 1. The van der Waals surface area contributed by atoms with E-state index in [2.05, 4.69) is 10.5 Å². The molecule has 23 heavy (non-hydrogen) atoms. The first-order chi connectivity index (χ1) is 11.1. The van der Waals surface area contributed by atoms with Crippen LogP contribution >= 0.6 is 0 Å².